The average molecular weight is 336 g/mol. The number of carbonyl (C=O) groups excluding carboxylic acids is 1. The molecular weight excluding hydrogens is 322 g/mol. The van der Waals surface area contributed by atoms with Crippen molar-refractivity contribution in [1.29, 1.82) is 0 Å². The quantitative estimate of drug-likeness (QED) is 0.474. The normalized spacial score (nSPS) is 10.2. The van der Waals surface area contributed by atoms with E-state index in [1.54, 1.807) is 24.1 Å². The smallest absolute Gasteiger partial charge is 0.339 e. The SMILES string of the molecule is COC(=O)c1cnc(N(C)Cc2ccc(Cl)cc2)c([N+](=O)[O-])c1. The van der Waals surface area contributed by atoms with Crippen molar-refractivity contribution in [2.24, 2.45) is 0 Å². The molecule has 0 radical (unpaired) electrons. The minimum absolute atomic E-state index is 0.0304. The number of hydrogen-bond acceptors (Lipinski definition) is 6. The van der Waals surface area contributed by atoms with Gasteiger partial charge in [0.05, 0.1) is 17.6 Å². The maximum Gasteiger partial charge on any atom is 0.339 e. The first kappa shape index (κ1) is 16.7. The fourth-order valence-corrected chi connectivity index (χ4v) is 2.17. The Balaban J connectivity index is 2.31. The van der Waals surface area contributed by atoms with Gasteiger partial charge in [-0.3, -0.25) is 10.1 Å². The number of pyridine rings is 1. The summed E-state index contributed by atoms with van der Waals surface area (Å²) in [6, 6.07) is 8.30. The fourth-order valence-electron chi connectivity index (χ4n) is 2.04. The fraction of sp³-hybridized carbons (Fsp3) is 0.200. The highest BCUT2D eigenvalue weighted by molar-refractivity contribution is 6.30. The van der Waals surface area contributed by atoms with Crippen molar-refractivity contribution >= 4 is 29.1 Å². The van der Waals surface area contributed by atoms with E-state index in [4.69, 9.17) is 11.6 Å². The summed E-state index contributed by atoms with van der Waals surface area (Å²) in [5, 5.41) is 11.9. The molecule has 120 valence electrons. The summed E-state index contributed by atoms with van der Waals surface area (Å²) in [7, 11) is 2.89. The first-order valence-electron chi connectivity index (χ1n) is 6.60. The van der Waals surface area contributed by atoms with E-state index >= 15 is 0 Å². The second-order valence-electron chi connectivity index (χ2n) is 4.80. The molecule has 0 bridgehead atoms. The van der Waals surface area contributed by atoms with Crippen LogP contribution in [0.15, 0.2) is 36.5 Å². The molecule has 0 spiro atoms. The lowest BCUT2D eigenvalue weighted by Crippen LogP contribution is -2.19. The van der Waals surface area contributed by atoms with Crippen LogP contribution in [0.3, 0.4) is 0 Å². The molecule has 8 heteroatoms. The third kappa shape index (κ3) is 3.95. The van der Waals surface area contributed by atoms with E-state index in [1.807, 2.05) is 12.1 Å². The zero-order chi connectivity index (χ0) is 17.0. The van der Waals surface area contributed by atoms with E-state index in [1.165, 1.54) is 13.3 Å². The van der Waals surface area contributed by atoms with Crippen LogP contribution in [0.25, 0.3) is 0 Å². The van der Waals surface area contributed by atoms with Gasteiger partial charge in [0.15, 0.2) is 0 Å². The van der Waals surface area contributed by atoms with Gasteiger partial charge in [0.2, 0.25) is 5.82 Å². The molecule has 1 aromatic carbocycles. The summed E-state index contributed by atoms with van der Waals surface area (Å²) in [5.41, 5.74) is 0.692. The highest BCUT2D eigenvalue weighted by Gasteiger charge is 2.22. The van der Waals surface area contributed by atoms with E-state index in [2.05, 4.69) is 9.72 Å². The van der Waals surface area contributed by atoms with E-state index in [0.717, 1.165) is 11.6 Å². The average Bonchev–Trinajstić information content (AvgIpc) is 2.55. The number of nitrogens with zero attached hydrogens (tertiary/aromatic N) is 3. The molecule has 0 amide bonds. The number of nitro groups is 1. The Bertz CT molecular complexity index is 734. The third-order valence-corrected chi connectivity index (χ3v) is 3.41. The summed E-state index contributed by atoms with van der Waals surface area (Å²) in [5.74, 6) is -0.509. The number of halogens is 1. The lowest BCUT2D eigenvalue weighted by Gasteiger charge is -2.18. The van der Waals surface area contributed by atoms with Crippen LogP contribution < -0.4 is 4.90 Å². The second kappa shape index (κ2) is 7.06. The Hall–Kier alpha value is -2.67. The number of anilines is 1. The van der Waals surface area contributed by atoms with E-state index in [-0.39, 0.29) is 17.1 Å². The molecule has 2 aromatic rings. The standard InChI is InChI=1S/C15H14ClN3O4/c1-18(9-10-3-5-12(16)6-4-10)14-13(19(21)22)7-11(8-17-14)15(20)23-2/h3-8H,9H2,1-2H3. The van der Waals surface area contributed by atoms with Gasteiger partial charge in [0.25, 0.3) is 0 Å². The Kier molecular flexibility index (Phi) is 5.13. The van der Waals surface area contributed by atoms with Crippen molar-refractivity contribution in [1.82, 2.24) is 4.98 Å². The van der Waals surface area contributed by atoms with Crippen molar-refractivity contribution in [3.05, 3.63) is 62.8 Å². The van der Waals surface area contributed by atoms with Crippen LogP contribution in [-0.4, -0.2) is 30.0 Å². The van der Waals surface area contributed by atoms with Crippen molar-refractivity contribution in [3.8, 4) is 0 Å². The van der Waals surface area contributed by atoms with Crippen LogP contribution in [0.5, 0.6) is 0 Å². The molecule has 7 nitrogen and oxygen atoms in total. The molecular formula is C15H14ClN3O4. The summed E-state index contributed by atoms with van der Waals surface area (Å²) < 4.78 is 4.55. The first-order chi connectivity index (χ1) is 10.9. The number of esters is 1. The van der Waals surface area contributed by atoms with E-state index < -0.39 is 10.9 Å². The van der Waals surface area contributed by atoms with Crippen molar-refractivity contribution in [2.45, 2.75) is 6.54 Å². The van der Waals surface area contributed by atoms with Crippen LogP contribution in [0.4, 0.5) is 11.5 Å². The molecule has 0 N–H and O–H groups in total. The number of ether oxygens (including phenoxy) is 1. The highest BCUT2D eigenvalue weighted by atomic mass is 35.5. The van der Waals surface area contributed by atoms with Gasteiger partial charge in [-0.15, -0.1) is 0 Å². The molecule has 0 aliphatic carbocycles. The maximum atomic E-state index is 11.5. The molecule has 1 heterocycles. The van der Waals surface area contributed by atoms with Crippen LogP contribution in [0.2, 0.25) is 5.02 Å². The molecule has 0 aliphatic rings. The van der Waals surface area contributed by atoms with Gasteiger partial charge in [0, 0.05) is 30.9 Å². The van der Waals surface area contributed by atoms with Gasteiger partial charge < -0.3 is 9.64 Å². The molecule has 23 heavy (non-hydrogen) atoms. The second-order valence-corrected chi connectivity index (χ2v) is 5.23. The number of hydrogen-bond donors (Lipinski definition) is 0. The van der Waals surface area contributed by atoms with E-state index in [9.17, 15) is 14.9 Å². The lowest BCUT2D eigenvalue weighted by molar-refractivity contribution is -0.384. The third-order valence-electron chi connectivity index (χ3n) is 3.16. The van der Waals surface area contributed by atoms with Gasteiger partial charge in [-0.25, -0.2) is 9.78 Å². The highest BCUT2D eigenvalue weighted by Crippen LogP contribution is 2.27. The Morgan fingerprint density at radius 3 is 2.61 bits per heavy atom. The van der Waals surface area contributed by atoms with Crippen molar-refractivity contribution in [3.63, 3.8) is 0 Å². The first-order valence-corrected chi connectivity index (χ1v) is 6.98. The van der Waals surface area contributed by atoms with E-state index in [0.29, 0.717) is 11.6 Å². The topological polar surface area (TPSA) is 85.6 Å². The number of aromatic nitrogens is 1. The molecule has 0 saturated carbocycles. The largest absolute Gasteiger partial charge is 0.465 e. The van der Waals surface area contributed by atoms with Gasteiger partial charge in [0.1, 0.15) is 0 Å². The zero-order valence-electron chi connectivity index (χ0n) is 12.5. The molecule has 0 fully saturated rings. The lowest BCUT2D eigenvalue weighted by atomic mass is 10.2. The molecule has 0 aliphatic heterocycles. The Labute approximate surface area is 137 Å². The number of rotatable bonds is 5. The van der Waals surface area contributed by atoms with Gasteiger partial charge in [-0.1, -0.05) is 23.7 Å². The minimum atomic E-state index is -0.674. The van der Waals surface area contributed by atoms with Crippen LogP contribution in [0, 0.1) is 10.1 Å². The molecule has 0 atom stereocenters. The summed E-state index contributed by atoms with van der Waals surface area (Å²) >= 11 is 5.83. The molecule has 2 rings (SSSR count). The molecule has 0 unspecified atom stereocenters. The van der Waals surface area contributed by atoms with Crippen LogP contribution >= 0.6 is 11.6 Å². The van der Waals surface area contributed by atoms with Crippen LogP contribution in [0.1, 0.15) is 15.9 Å². The van der Waals surface area contributed by atoms with Crippen LogP contribution in [-0.2, 0) is 11.3 Å². The summed E-state index contributed by atoms with van der Waals surface area (Å²) in [4.78, 5) is 27.8. The summed E-state index contributed by atoms with van der Waals surface area (Å²) in [6.07, 6.45) is 1.26. The summed E-state index contributed by atoms with van der Waals surface area (Å²) in [6.45, 7) is 0.405. The number of carbonyl (C=O) groups is 1. The monoisotopic (exact) mass is 335 g/mol. The number of benzene rings is 1. The molecule has 1 aromatic heterocycles. The maximum absolute atomic E-state index is 11.5. The Morgan fingerprint density at radius 2 is 2.04 bits per heavy atom. The predicted molar refractivity (Wildman–Crippen MR) is 85.8 cm³/mol. The van der Waals surface area contributed by atoms with Crippen molar-refractivity contribution in [2.75, 3.05) is 19.1 Å². The minimum Gasteiger partial charge on any atom is -0.465 e. The Morgan fingerprint density at radius 1 is 1.39 bits per heavy atom. The predicted octanol–water partition coefficient (Wildman–Crippen LogP) is 3.07. The van der Waals surface area contributed by atoms with Gasteiger partial charge >= 0.3 is 11.7 Å². The van der Waals surface area contributed by atoms with Gasteiger partial charge in [-0.05, 0) is 17.7 Å². The molecule has 0 saturated heterocycles. The number of methoxy groups -OCH3 is 1. The van der Waals surface area contributed by atoms with Crippen molar-refractivity contribution < 1.29 is 14.5 Å². The van der Waals surface area contributed by atoms with Gasteiger partial charge in [-0.2, -0.15) is 0 Å². The zero-order valence-corrected chi connectivity index (χ0v) is 13.3.